The largest absolute Gasteiger partial charge is 0.504 e. The second-order valence-electron chi connectivity index (χ2n) is 3.90. The molecule has 5 nitrogen and oxygen atoms in total. The molecule has 0 heterocycles. The van der Waals surface area contributed by atoms with E-state index in [1.54, 1.807) is 18.2 Å². The van der Waals surface area contributed by atoms with Gasteiger partial charge in [-0.3, -0.25) is 4.79 Å². The van der Waals surface area contributed by atoms with Gasteiger partial charge in [0.15, 0.2) is 11.5 Å². The number of hydrogen-bond donors (Lipinski definition) is 1. The van der Waals surface area contributed by atoms with Crippen molar-refractivity contribution in [1.82, 2.24) is 0 Å². The number of carbonyl (C=O) groups is 1. The molecular formula is C14H14O5. The molecule has 0 aliphatic rings. The highest BCUT2D eigenvalue weighted by Crippen LogP contribution is 2.44. The minimum atomic E-state index is -0.458. The molecule has 2 rings (SSSR count). The first kappa shape index (κ1) is 13.0. The molecule has 0 saturated heterocycles. The lowest BCUT2D eigenvalue weighted by atomic mass is 10.1. The molecule has 0 atom stereocenters. The van der Waals surface area contributed by atoms with Gasteiger partial charge < -0.3 is 19.3 Å². The summed E-state index contributed by atoms with van der Waals surface area (Å²) in [7, 11) is 2.94. The van der Waals surface area contributed by atoms with E-state index in [2.05, 4.69) is 0 Å². The Balaban J connectivity index is 2.83. The molecule has 19 heavy (non-hydrogen) atoms. The summed E-state index contributed by atoms with van der Waals surface area (Å²) in [5, 5.41) is 11.1. The Bertz CT molecular complexity index is 633. The Morgan fingerprint density at radius 3 is 2.37 bits per heavy atom. The van der Waals surface area contributed by atoms with Crippen LogP contribution in [0.1, 0.15) is 6.92 Å². The molecule has 0 radical (unpaired) electrons. The van der Waals surface area contributed by atoms with Gasteiger partial charge >= 0.3 is 5.97 Å². The van der Waals surface area contributed by atoms with E-state index in [9.17, 15) is 9.90 Å². The van der Waals surface area contributed by atoms with E-state index in [-0.39, 0.29) is 17.2 Å². The first-order valence-electron chi connectivity index (χ1n) is 5.63. The lowest BCUT2D eigenvalue weighted by Crippen LogP contribution is -2.03. The lowest BCUT2D eigenvalue weighted by molar-refractivity contribution is -0.131. The van der Waals surface area contributed by atoms with Crippen LogP contribution in [0.15, 0.2) is 24.3 Å². The van der Waals surface area contributed by atoms with Gasteiger partial charge in [0.25, 0.3) is 0 Å². The highest BCUT2D eigenvalue weighted by Gasteiger charge is 2.17. The summed E-state index contributed by atoms with van der Waals surface area (Å²) >= 11 is 0. The molecule has 0 fully saturated rings. The average Bonchev–Trinajstić information content (AvgIpc) is 2.40. The fraction of sp³-hybridized carbons (Fsp3) is 0.214. The lowest BCUT2D eigenvalue weighted by Gasteiger charge is -2.14. The van der Waals surface area contributed by atoms with Crippen molar-refractivity contribution >= 4 is 16.7 Å². The molecule has 0 amide bonds. The monoisotopic (exact) mass is 262 g/mol. The fourth-order valence-corrected chi connectivity index (χ4v) is 1.94. The maximum Gasteiger partial charge on any atom is 0.308 e. The van der Waals surface area contributed by atoms with Crippen LogP contribution in [0.3, 0.4) is 0 Å². The summed E-state index contributed by atoms with van der Waals surface area (Å²) in [6.07, 6.45) is 0. The van der Waals surface area contributed by atoms with Gasteiger partial charge in [-0.25, -0.2) is 0 Å². The van der Waals surface area contributed by atoms with Gasteiger partial charge in [-0.15, -0.1) is 0 Å². The van der Waals surface area contributed by atoms with Gasteiger partial charge in [-0.2, -0.15) is 0 Å². The quantitative estimate of drug-likeness (QED) is 0.680. The van der Waals surface area contributed by atoms with E-state index < -0.39 is 5.97 Å². The molecule has 2 aromatic carbocycles. The van der Waals surface area contributed by atoms with Crippen LogP contribution in [0.5, 0.6) is 23.0 Å². The highest BCUT2D eigenvalue weighted by atomic mass is 16.5. The molecule has 0 aromatic heterocycles. The number of esters is 1. The SMILES string of the molecule is COc1cc(OC(C)=O)c2c(OC)cccc2c1O. The summed E-state index contributed by atoms with van der Waals surface area (Å²) in [6, 6.07) is 6.61. The number of fused-ring (bicyclic) bond motifs is 1. The van der Waals surface area contributed by atoms with E-state index in [0.717, 1.165) is 0 Å². The minimum Gasteiger partial charge on any atom is -0.504 e. The van der Waals surface area contributed by atoms with Crippen LogP contribution in [0.4, 0.5) is 0 Å². The van der Waals surface area contributed by atoms with Gasteiger partial charge in [0, 0.05) is 18.4 Å². The van der Waals surface area contributed by atoms with E-state index in [0.29, 0.717) is 16.5 Å². The Morgan fingerprint density at radius 2 is 1.79 bits per heavy atom. The van der Waals surface area contributed by atoms with Crippen LogP contribution in [0, 0.1) is 0 Å². The van der Waals surface area contributed by atoms with Crippen molar-refractivity contribution in [3.63, 3.8) is 0 Å². The number of phenolic OH excluding ortho intramolecular Hbond substituents is 1. The van der Waals surface area contributed by atoms with Crippen molar-refractivity contribution < 1.29 is 24.1 Å². The summed E-state index contributed by atoms with van der Waals surface area (Å²) < 4.78 is 15.5. The normalized spacial score (nSPS) is 10.3. The predicted octanol–water partition coefficient (Wildman–Crippen LogP) is 2.49. The van der Waals surface area contributed by atoms with E-state index in [1.807, 2.05) is 0 Å². The van der Waals surface area contributed by atoms with Gasteiger partial charge in [-0.1, -0.05) is 12.1 Å². The maximum atomic E-state index is 11.2. The third kappa shape index (κ3) is 2.27. The maximum absolute atomic E-state index is 11.2. The van der Waals surface area contributed by atoms with Crippen LogP contribution in [-0.4, -0.2) is 25.3 Å². The van der Waals surface area contributed by atoms with Crippen molar-refractivity contribution in [1.29, 1.82) is 0 Å². The van der Waals surface area contributed by atoms with Crippen LogP contribution < -0.4 is 14.2 Å². The highest BCUT2D eigenvalue weighted by molar-refractivity contribution is 6.00. The van der Waals surface area contributed by atoms with Gasteiger partial charge in [-0.05, 0) is 6.07 Å². The third-order valence-electron chi connectivity index (χ3n) is 2.72. The molecule has 0 aliphatic heterocycles. The topological polar surface area (TPSA) is 65.0 Å². The zero-order valence-electron chi connectivity index (χ0n) is 10.9. The predicted molar refractivity (Wildman–Crippen MR) is 70.0 cm³/mol. The Kier molecular flexibility index (Phi) is 3.46. The van der Waals surface area contributed by atoms with Gasteiger partial charge in [0.05, 0.1) is 19.6 Å². The fourth-order valence-electron chi connectivity index (χ4n) is 1.94. The molecule has 2 aromatic rings. The number of ether oxygens (including phenoxy) is 3. The minimum absolute atomic E-state index is 0.0210. The number of rotatable bonds is 3. The van der Waals surface area contributed by atoms with Crippen molar-refractivity contribution in [2.75, 3.05) is 14.2 Å². The summed E-state index contributed by atoms with van der Waals surface area (Å²) in [6.45, 7) is 1.31. The number of carbonyl (C=O) groups excluding carboxylic acids is 1. The Hall–Kier alpha value is -2.43. The molecule has 0 aliphatic carbocycles. The average molecular weight is 262 g/mol. The molecular weight excluding hydrogens is 248 g/mol. The first-order valence-corrected chi connectivity index (χ1v) is 5.63. The van der Waals surface area contributed by atoms with Crippen molar-refractivity contribution in [2.24, 2.45) is 0 Å². The van der Waals surface area contributed by atoms with Crippen LogP contribution >= 0.6 is 0 Å². The van der Waals surface area contributed by atoms with Crippen molar-refractivity contribution in [3.05, 3.63) is 24.3 Å². The third-order valence-corrected chi connectivity index (χ3v) is 2.72. The zero-order chi connectivity index (χ0) is 14.0. The van der Waals surface area contributed by atoms with Crippen LogP contribution in [0.25, 0.3) is 10.8 Å². The van der Waals surface area contributed by atoms with E-state index in [1.165, 1.54) is 27.2 Å². The molecule has 0 unspecified atom stereocenters. The summed E-state index contributed by atoms with van der Waals surface area (Å²) in [4.78, 5) is 11.2. The first-order chi connectivity index (χ1) is 9.08. The van der Waals surface area contributed by atoms with Crippen LogP contribution in [0.2, 0.25) is 0 Å². The molecule has 100 valence electrons. The zero-order valence-corrected chi connectivity index (χ0v) is 10.9. The van der Waals surface area contributed by atoms with Crippen LogP contribution in [-0.2, 0) is 4.79 Å². The number of methoxy groups -OCH3 is 2. The van der Waals surface area contributed by atoms with Gasteiger partial charge in [0.1, 0.15) is 11.5 Å². The summed E-state index contributed by atoms with van der Waals surface area (Å²) in [5.41, 5.74) is 0. The van der Waals surface area contributed by atoms with Crippen molar-refractivity contribution in [2.45, 2.75) is 6.92 Å². The van der Waals surface area contributed by atoms with Gasteiger partial charge in [0.2, 0.25) is 0 Å². The number of hydrogen-bond acceptors (Lipinski definition) is 5. The van der Waals surface area contributed by atoms with Crippen molar-refractivity contribution in [3.8, 4) is 23.0 Å². The Labute approximate surface area is 110 Å². The second kappa shape index (κ2) is 5.06. The van der Waals surface area contributed by atoms with E-state index in [4.69, 9.17) is 14.2 Å². The number of phenols is 1. The molecule has 1 N–H and O–H groups in total. The molecule has 0 spiro atoms. The Morgan fingerprint density at radius 1 is 1.11 bits per heavy atom. The summed E-state index contributed by atoms with van der Waals surface area (Å²) in [5.74, 6) is 0.547. The van der Waals surface area contributed by atoms with E-state index >= 15 is 0 Å². The smallest absolute Gasteiger partial charge is 0.308 e. The second-order valence-corrected chi connectivity index (χ2v) is 3.90. The number of benzene rings is 2. The molecule has 0 saturated carbocycles. The molecule has 0 bridgehead atoms. The standard InChI is InChI=1S/C14H14O5/c1-8(15)19-11-7-12(18-3)14(16)9-5-4-6-10(17-2)13(9)11/h4-7,16H,1-3H3. The molecule has 5 heteroatoms. The number of aromatic hydroxyl groups is 1.